The molecule has 0 amide bonds. The van der Waals surface area contributed by atoms with Crippen molar-refractivity contribution in [3.63, 3.8) is 0 Å². The van der Waals surface area contributed by atoms with Crippen LogP contribution in [-0.2, 0) is 9.53 Å². The molecule has 0 aromatic carbocycles. The maximum atomic E-state index is 11.9. The van der Waals surface area contributed by atoms with Gasteiger partial charge in [-0.1, -0.05) is 18.2 Å². The second-order valence-corrected chi connectivity index (χ2v) is 6.11. The van der Waals surface area contributed by atoms with Gasteiger partial charge in [-0.15, -0.1) is 0 Å². The maximum absolute atomic E-state index is 11.9. The number of hydrogen-bond donors (Lipinski definition) is 0. The first kappa shape index (κ1) is 14.0. The molecule has 0 radical (unpaired) electrons. The van der Waals surface area contributed by atoms with E-state index in [2.05, 4.69) is 12.7 Å². The summed E-state index contributed by atoms with van der Waals surface area (Å²) in [5.41, 5.74) is 1.90. The predicted octanol–water partition coefficient (Wildman–Crippen LogP) is 3.88. The smallest absolute Gasteiger partial charge is 0.311 e. The summed E-state index contributed by atoms with van der Waals surface area (Å²) in [5, 5.41) is 0. The number of carbonyl (C=O) groups is 1. The Hall–Kier alpha value is -1.05. The van der Waals surface area contributed by atoms with Crippen LogP contribution in [-0.4, -0.2) is 12.1 Å². The van der Waals surface area contributed by atoms with Crippen LogP contribution in [0.3, 0.4) is 0 Å². The molecule has 0 aromatic rings. The van der Waals surface area contributed by atoms with Crippen LogP contribution in [0, 0.1) is 11.3 Å². The van der Waals surface area contributed by atoms with E-state index >= 15 is 0 Å². The Morgan fingerprint density at radius 3 is 2.53 bits per heavy atom. The van der Waals surface area contributed by atoms with Gasteiger partial charge in [-0.3, -0.25) is 4.79 Å². The van der Waals surface area contributed by atoms with E-state index < -0.39 is 5.41 Å². The molecule has 0 unspecified atom stereocenters. The molecule has 96 valence electrons. The molecule has 2 heteroatoms. The van der Waals surface area contributed by atoms with Crippen LogP contribution < -0.4 is 0 Å². The van der Waals surface area contributed by atoms with Crippen molar-refractivity contribution in [1.29, 1.82) is 0 Å². The van der Waals surface area contributed by atoms with Gasteiger partial charge in [0.2, 0.25) is 0 Å². The minimum atomic E-state index is -0.434. The molecule has 0 fully saturated rings. The highest BCUT2D eigenvalue weighted by Crippen LogP contribution is 2.31. The molecular formula is C15H24O2. The summed E-state index contributed by atoms with van der Waals surface area (Å²) < 4.78 is 5.60. The van der Waals surface area contributed by atoms with Gasteiger partial charge < -0.3 is 4.74 Å². The molecule has 1 aliphatic carbocycles. The van der Waals surface area contributed by atoms with Gasteiger partial charge in [0, 0.05) is 0 Å². The van der Waals surface area contributed by atoms with E-state index in [1.165, 1.54) is 11.1 Å². The molecule has 1 rings (SSSR count). The van der Waals surface area contributed by atoms with E-state index in [0.717, 1.165) is 12.8 Å². The Morgan fingerprint density at radius 2 is 2.06 bits per heavy atom. The summed E-state index contributed by atoms with van der Waals surface area (Å²) in [4.78, 5) is 11.9. The summed E-state index contributed by atoms with van der Waals surface area (Å²) in [6.07, 6.45) is 3.99. The van der Waals surface area contributed by atoms with Crippen molar-refractivity contribution < 1.29 is 9.53 Å². The summed E-state index contributed by atoms with van der Waals surface area (Å²) in [6, 6.07) is 0. The van der Waals surface area contributed by atoms with E-state index in [-0.39, 0.29) is 12.1 Å². The van der Waals surface area contributed by atoms with E-state index in [1.54, 1.807) is 0 Å². The van der Waals surface area contributed by atoms with Gasteiger partial charge in [0.25, 0.3) is 0 Å². The number of carbonyl (C=O) groups excluding carboxylic acids is 1. The van der Waals surface area contributed by atoms with Gasteiger partial charge in [-0.25, -0.2) is 0 Å². The molecule has 0 saturated heterocycles. The van der Waals surface area contributed by atoms with E-state index in [1.807, 2.05) is 34.6 Å². The number of hydrogen-bond acceptors (Lipinski definition) is 2. The molecule has 17 heavy (non-hydrogen) atoms. The average molecular weight is 236 g/mol. The summed E-state index contributed by atoms with van der Waals surface area (Å²) in [7, 11) is 0. The lowest BCUT2D eigenvalue weighted by Crippen LogP contribution is -2.31. The van der Waals surface area contributed by atoms with Crippen molar-refractivity contribution in [2.24, 2.45) is 11.3 Å². The standard InChI is InChI=1S/C15H24O2/c1-10(2)12-8-7-11(3)13(9-12)17-14(16)15(4,5)6/h7,12-13H,1,8-9H2,2-6H3/t12-,13+/m1/s1. The lowest BCUT2D eigenvalue weighted by atomic mass is 9.84. The molecule has 0 saturated carbocycles. The summed E-state index contributed by atoms with van der Waals surface area (Å²) in [5.74, 6) is 0.314. The number of ether oxygens (including phenoxy) is 1. The third kappa shape index (κ3) is 3.72. The first-order valence-electron chi connectivity index (χ1n) is 6.25. The molecule has 2 atom stereocenters. The monoisotopic (exact) mass is 236 g/mol. The minimum Gasteiger partial charge on any atom is -0.457 e. The first-order valence-corrected chi connectivity index (χ1v) is 6.25. The van der Waals surface area contributed by atoms with Crippen LogP contribution in [0.2, 0.25) is 0 Å². The van der Waals surface area contributed by atoms with Gasteiger partial charge >= 0.3 is 5.97 Å². The van der Waals surface area contributed by atoms with Gasteiger partial charge in [-0.05, 0) is 59.0 Å². The molecule has 0 bridgehead atoms. The lowest BCUT2D eigenvalue weighted by Gasteiger charge is -2.30. The van der Waals surface area contributed by atoms with Crippen molar-refractivity contribution in [1.82, 2.24) is 0 Å². The molecule has 0 N–H and O–H groups in total. The topological polar surface area (TPSA) is 26.3 Å². The Bertz CT molecular complexity index is 344. The van der Waals surface area contributed by atoms with Crippen molar-refractivity contribution >= 4 is 5.97 Å². The Morgan fingerprint density at radius 1 is 1.47 bits per heavy atom. The van der Waals surface area contributed by atoms with E-state index in [9.17, 15) is 4.79 Å². The van der Waals surface area contributed by atoms with Crippen molar-refractivity contribution in [2.45, 2.75) is 53.6 Å². The van der Waals surface area contributed by atoms with Crippen molar-refractivity contribution in [2.75, 3.05) is 0 Å². The average Bonchev–Trinajstić information content (AvgIpc) is 2.19. The van der Waals surface area contributed by atoms with Crippen LogP contribution in [0.25, 0.3) is 0 Å². The molecule has 2 nitrogen and oxygen atoms in total. The third-order valence-electron chi connectivity index (χ3n) is 3.29. The zero-order chi connectivity index (χ0) is 13.2. The molecule has 0 spiro atoms. The third-order valence-corrected chi connectivity index (χ3v) is 3.29. The van der Waals surface area contributed by atoms with Crippen LogP contribution in [0.15, 0.2) is 23.8 Å². The fraction of sp³-hybridized carbons (Fsp3) is 0.667. The van der Waals surface area contributed by atoms with E-state index in [0.29, 0.717) is 5.92 Å². The highest BCUT2D eigenvalue weighted by Gasteiger charge is 2.30. The predicted molar refractivity (Wildman–Crippen MR) is 70.6 cm³/mol. The zero-order valence-electron chi connectivity index (χ0n) is 11.7. The summed E-state index contributed by atoms with van der Waals surface area (Å²) >= 11 is 0. The molecule has 1 aliphatic rings. The zero-order valence-corrected chi connectivity index (χ0v) is 11.7. The molecular weight excluding hydrogens is 212 g/mol. The quantitative estimate of drug-likeness (QED) is 0.537. The molecule has 0 aliphatic heterocycles. The Labute approximate surface area is 105 Å². The van der Waals surface area contributed by atoms with E-state index in [4.69, 9.17) is 4.74 Å². The number of esters is 1. The van der Waals surface area contributed by atoms with Crippen LogP contribution in [0.1, 0.15) is 47.5 Å². The van der Waals surface area contributed by atoms with Crippen molar-refractivity contribution in [3.05, 3.63) is 23.8 Å². The highest BCUT2D eigenvalue weighted by atomic mass is 16.5. The van der Waals surface area contributed by atoms with Gasteiger partial charge in [-0.2, -0.15) is 0 Å². The number of rotatable bonds is 2. The first-order chi connectivity index (χ1) is 7.71. The van der Waals surface area contributed by atoms with Gasteiger partial charge in [0.15, 0.2) is 0 Å². The second-order valence-electron chi connectivity index (χ2n) is 6.11. The largest absolute Gasteiger partial charge is 0.457 e. The summed E-state index contributed by atoms with van der Waals surface area (Å²) in [6.45, 7) is 13.7. The fourth-order valence-corrected chi connectivity index (χ4v) is 1.85. The van der Waals surface area contributed by atoms with Crippen LogP contribution >= 0.6 is 0 Å². The normalized spacial score (nSPS) is 25.1. The lowest BCUT2D eigenvalue weighted by molar-refractivity contribution is -0.157. The Balaban J connectivity index is 2.71. The second kappa shape index (κ2) is 5.07. The fourth-order valence-electron chi connectivity index (χ4n) is 1.85. The highest BCUT2D eigenvalue weighted by molar-refractivity contribution is 5.75. The maximum Gasteiger partial charge on any atom is 0.311 e. The molecule has 0 heterocycles. The SMILES string of the molecule is C=C(C)[C@@H]1CC=C(C)[C@@H](OC(=O)C(C)(C)C)C1. The van der Waals surface area contributed by atoms with Gasteiger partial charge in [0.1, 0.15) is 6.10 Å². The van der Waals surface area contributed by atoms with Crippen LogP contribution in [0.4, 0.5) is 0 Å². The minimum absolute atomic E-state index is 0.0721. The van der Waals surface area contributed by atoms with Gasteiger partial charge in [0.05, 0.1) is 5.41 Å². The van der Waals surface area contributed by atoms with Crippen molar-refractivity contribution in [3.8, 4) is 0 Å². The number of allylic oxidation sites excluding steroid dienone is 2. The Kier molecular flexibility index (Phi) is 4.18. The van der Waals surface area contributed by atoms with Crippen LogP contribution in [0.5, 0.6) is 0 Å². The molecule has 0 aromatic heterocycles.